The van der Waals surface area contributed by atoms with Crippen molar-refractivity contribution in [2.75, 3.05) is 13.1 Å². The first kappa shape index (κ1) is 16.9. The summed E-state index contributed by atoms with van der Waals surface area (Å²) in [5.74, 6) is 0.938. The summed E-state index contributed by atoms with van der Waals surface area (Å²) < 4.78 is 32.3. The van der Waals surface area contributed by atoms with Crippen LogP contribution in [0.3, 0.4) is 0 Å². The molecular weight excluding hydrogens is 350 g/mol. The topological polar surface area (TPSA) is 76.3 Å². The SMILES string of the molecule is Cc1ccc(S(=O)(=O)N2CC(c3nc(-c4ccccc4)no3)C2)cc1C. The van der Waals surface area contributed by atoms with Gasteiger partial charge >= 0.3 is 0 Å². The molecule has 26 heavy (non-hydrogen) atoms. The molecule has 0 bridgehead atoms. The number of rotatable bonds is 4. The zero-order valence-corrected chi connectivity index (χ0v) is 15.4. The maximum absolute atomic E-state index is 12.7. The number of aromatic nitrogens is 2. The van der Waals surface area contributed by atoms with E-state index in [1.807, 2.05) is 50.2 Å². The molecular formula is C19H19N3O3S. The van der Waals surface area contributed by atoms with Crippen molar-refractivity contribution in [2.24, 2.45) is 0 Å². The van der Waals surface area contributed by atoms with E-state index in [1.54, 1.807) is 12.1 Å². The maximum Gasteiger partial charge on any atom is 0.243 e. The largest absolute Gasteiger partial charge is 0.339 e. The van der Waals surface area contributed by atoms with Gasteiger partial charge in [0.15, 0.2) is 0 Å². The van der Waals surface area contributed by atoms with Crippen LogP contribution in [0.25, 0.3) is 11.4 Å². The third kappa shape index (κ3) is 2.93. The number of hydrogen-bond donors (Lipinski definition) is 0. The molecule has 3 aromatic rings. The molecule has 0 amide bonds. The van der Waals surface area contributed by atoms with Gasteiger partial charge in [0, 0.05) is 18.7 Å². The van der Waals surface area contributed by atoms with E-state index >= 15 is 0 Å². The lowest BCUT2D eigenvalue weighted by molar-refractivity contribution is 0.217. The Labute approximate surface area is 152 Å². The van der Waals surface area contributed by atoms with Crippen LogP contribution in [0.1, 0.15) is 22.9 Å². The van der Waals surface area contributed by atoms with E-state index in [0.717, 1.165) is 16.7 Å². The van der Waals surface area contributed by atoms with Crippen molar-refractivity contribution in [1.82, 2.24) is 14.4 Å². The van der Waals surface area contributed by atoms with Gasteiger partial charge in [-0.25, -0.2) is 8.42 Å². The second-order valence-corrected chi connectivity index (χ2v) is 8.53. The van der Waals surface area contributed by atoms with E-state index in [9.17, 15) is 8.42 Å². The fourth-order valence-corrected chi connectivity index (χ4v) is 4.54. The highest BCUT2D eigenvalue weighted by Crippen LogP contribution is 2.32. The minimum Gasteiger partial charge on any atom is -0.339 e. The second kappa shape index (κ2) is 6.34. The summed E-state index contributed by atoms with van der Waals surface area (Å²) in [7, 11) is -3.48. The van der Waals surface area contributed by atoms with Crippen molar-refractivity contribution in [3.05, 3.63) is 65.5 Å². The van der Waals surface area contributed by atoms with Crippen LogP contribution in [0.2, 0.25) is 0 Å². The van der Waals surface area contributed by atoms with Crippen molar-refractivity contribution < 1.29 is 12.9 Å². The summed E-state index contributed by atoms with van der Waals surface area (Å²) in [6.07, 6.45) is 0. The highest BCUT2D eigenvalue weighted by atomic mass is 32.2. The predicted molar refractivity (Wildman–Crippen MR) is 97.1 cm³/mol. The van der Waals surface area contributed by atoms with E-state index in [1.165, 1.54) is 4.31 Å². The first-order chi connectivity index (χ1) is 12.4. The summed E-state index contributed by atoms with van der Waals surface area (Å²) in [5.41, 5.74) is 2.92. The van der Waals surface area contributed by atoms with Gasteiger partial charge in [-0.15, -0.1) is 0 Å². The zero-order chi connectivity index (χ0) is 18.3. The Morgan fingerprint density at radius 2 is 1.77 bits per heavy atom. The first-order valence-electron chi connectivity index (χ1n) is 8.41. The van der Waals surface area contributed by atoms with Gasteiger partial charge in [0.25, 0.3) is 0 Å². The van der Waals surface area contributed by atoms with Crippen LogP contribution in [-0.4, -0.2) is 36.0 Å². The monoisotopic (exact) mass is 369 g/mol. The summed E-state index contributed by atoms with van der Waals surface area (Å²) in [6, 6.07) is 14.8. The maximum atomic E-state index is 12.7. The quantitative estimate of drug-likeness (QED) is 0.706. The van der Waals surface area contributed by atoms with Crippen LogP contribution in [0.5, 0.6) is 0 Å². The second-order valence-electron chi connectivity index (χ2n) is 6.59. The summed E-state index contributed by atoms with van der Waals surface area (Å²) in [6.45, 7) is 4.58. The molecule has 0 N–H and O–H groups in total. The number of nitrogens with zero attached hydrogens (tertiary/aromatic N) is 3. The average molecular weight is 369 g/mol. The molecule has 0 radical (unpaired) electrons. The Kier molecular flexibility index (Phi) is 4.13. The van der Waals surface area contributed by atoms with Gasteiger partial charge in [0.05, 0.1) is 10.8 Å². The molecule has 7 heteroatoms. The molecule has 1 aliphatic heterocycles. The molecule has 1 saturated heterocycles. The van der Waals surface area contributed by atoms with Gasteiger partial charge in [-0.1, -0.05) is 41.6 Å². The molecule has 0 atom stereocenters. The number of aryl methyl sites for hydroxylation is 2. The molecule has 1 aromatic heterocycles. The number of sulfonamides is 1. The number of hydrogen-bond acceptors (Lipinski definition) is 5. The van der Waals surface area contributed by atoms with Crippen molar-refractivity contribution in [3.8, 4) is 11.4 Å². The standard InChI is InChI=1S/C19H19N3O3S/c1-13-8-9-17(10-14(13)2)26(23,24)22-11-16(12-22)19-20-18(21-25-19)15-6-4-3-5-7-15/h3-10,16H,11-12H2,1-2H3. The molecule has 4 rings (SSSR count). The van der Waals surface area contributed by atoms with E-state index < -0.39 is 10.0 Å². The van der Waals surface area contributed by atoms with E-state index in [2.05, 4.69) is 10.1 Å². The van der Waals surface area contributed by atoms with Crippen LogP contribution >= 0.6 is 0 Å². The molecule has 0 aliphatic carbocycles. The van der Waals surface area contributed by atoms with Crippen LogP contribution < -0.4 is 0 Å². The normalized spacial score (nSPS) is 15.8. The Balaban J connectivity index is 1.48. The fraction of sp³-hybridized carbons (Fsp3) is 0.263. The lowest BCUT2D eigenvalue weighted by atomic mass is 10.0. The Bertz CT molecular complexity index is 1040. The summed E-state index contributed by atoms with van der Waals surface area (Å²) >= 11 is 0. The summed E-state index contributed by atoms with van der Waals surface area (Å²) in [4.78, 5) is 4.75. The van der Waals surface area contributed by atoms with Gasteiger partial charge in [0.1, 0.15) is 0 Å². The molecule has 2 heterocycles. The third-order valence-corrected chi connectivity index (χ3v) is 6.61. The van der Waals surface area contributed by atoms with Gasteiger partial charge < -0.3 is 4.52 Å². The first-order valence-corrected chi connectivity index (χ1v) is 9.85. The highest BCUT2D eigenvalue weighted by molar-refractivity contribution is 7.89. The highest BCUT2D eigenvalue weighted by Gasteiger charge is 2.40. The van der Waals surface area contributed by atoms with Crippen molar-refractivity contribution >= 4 is 10.0 Å². The Hall–Kier alpha value is -2.51. The van der Waals surface area contributed by atoms with Crippen LogP contribution in [0.15, 0.2) is 57.9 Å². The third-order valence-electron chi connectivity index (χ3n) is 4.79. The van der Waals surface area contributed by atoms with Crippen LogP contribution in [0, 0.1) is 13.8 Å². The Morgan fingerprint density at radius 3 is 2.46 bits per heavy atom. The minimum absolute atomic E-state index is 0.0683. The van der Waals surface area contributed by atoms with Gasteiger partial charge in [-0.05, 0) is 37.1 Å². The molecule has 2 aromatic carbocycles. The van der Waals surface area contributed by atoms with Crippen molar-refractivity contribution in [3.63, 3.8) is 0 Å². The zero-order valence-electron chi connectivity index (χ0n) is 14.6. The Morgan fingerprint density at radius 1 is 1.04 bits per heavy atom. The van der Waals surface area contributed by atoms with E-state index in [-0.39, 0.29) is 5.92 Å². The van der Waals surface area contributed by atoms with Crippen molar-refractivity contribution in [2.45, 2.75) is 24.7 Å². The number of benzene rings is 2. The molecule has 0 saturated carbocycles. The molecule has 1 aliphatic rings. The molecule has 0 unspecified atom stereocenters. The van der Waals surface area contributed by atoms with Crippen LogP contribution in [0.4, 0.5) is 0 Å². The van der Waals surface area contributed by atoms with Crippen molar-refractivity contribution in [1.29, 1.82) is 0 Å². The summed E-state index contributed by atoms with van der Waals surface area (Å²) in [5, 5.41) is 4.00. The van der Waals surface area contributed by atoms with Gasteiger partial charge in [-0.3, -0.25) is 0 Å². The molecule has 0 spiro atoms. The van der Waals surface area contributed by atoms with Gasteiger partial charge in [-0.2, -0.15) is 9.29 Å². The molecule has 134 valence electrons. The fourth-order valence-electron chi connectivity index (χ4n) is 2.92. The average Bonchev–Trinajstić information content (AvgIpc) is 3.06. The molecule has 6 nitrogen and oxygen atoms in total. The van der Waals surface area contributed by atoms with Crippen LogP contribution in [-0.2, 0) is 10.0 Å². The minimum atomic E-state index is -3.48. The van der Waals surface area contributed by atoms with E-state index in [4.69, 9.17) is 4.52 Å². The lowest BCUT2D eigenvalue weighted by Gasteiger charge is -2.35. The van der Waals surface area contributed by atoms with E-state index in [0.29, 0.717) is 29.7 Å². The lowest BCUT2D eigenvalue weighted by Crippen LogP contribution is -2.48. The molecule has 1 fully saturated rings. The smallest absolute Gasteiger partial charge is 0.243 e. The van der Waals surface area contributed by atoms with Gasteiger partial charge in [0.2, 0.25) is 21.7 Å². The predicted octanol–water partition coefficient (Wildman–Crippen LogP) is 3.14.